The fraction of sp³-hybridized carbons (Fsp3) is 0.263. The third-order valence-electron chi connectivity index (χ3n) is 3.79. The van der Waals surface area contributed by atoms with Crippen LogP contribution in [0.15, 0.2) is 30.3 Å². The molecule has 0 saturated carbocycles. The van der Waals surface area contributed by atoms with Crippen molar-refractivity contribution < 1.29 is 28.5 Å². The van der Waals surface area contributed by atoms with E-state index < -0.39 is 5.97 Å². The normalized spacial score (nSPS) is 12.0. The summed E-state index contributed by atoms with van der Waals surface area (Å²) < 4.78 is 21.4. The van der Waals surface area contributed by atoms with Crippen LogP contribution in [-0.2, 0) is 11.3 Å². The second kappa shape index (κ2) is 7.66. The number of benzene rings is 2. The lowest BCUT2D eigenvalue weighted by Crippen LogP contribution is -2.08. The Hall–Kier alpha value is -2.73. The van der Waals surface area contributed by atoms with Crippen molar-refractivity contribution in [1.82, 2.24) is 0 Å². The average Bonchev–Trinajstić information content (AvgIpc) is 3.09. The Morgan fingerprint density at radius 1 is 1.15 bits per heavy atom. The molecule has 0 bridgehead atoms. The lowest BCUT2D eigenvalue weighted by atomic mass is 10.1. The number of ether oxygens (including phenoxy) is 4. The number of Topliss-reactive ketones (excluding diaryl/α,β-unsaturated/α-hetero) is 1. The summed E-state index contributed by atoms with van der Waals surface area (Å²) in [6, 6.07) is 8.02. The number of carbonyl (C=O) groups excluding carboxylic acids is 2. The van der Waals surface area contributed by atoms with Crippen LogP contribution >= 0.6 is 11.6 Å². The monoisotopic (exact) mass is 376 g/mol. The molecule has 6 nitrogen and oxygen atoms in total. The van der Waals surface area contributed by atoms with Gasteiger partial charge in [0, 0.05) is 11.1 Å². The van der Waals surface area contributed by atoms with Crippen molar-refractivity contribution in [3.63, 3.8) is 0 Å². The van der Waals surface area contributed by atoms with E-state index >= 15 is 0 Å². The molecule has 136 valence electrons. The first-order valence-electron chi connectivity index (χ1n) is 8.02. The predicted octanol–water partition coefficient (Wildman–Crippen LogP) is 4.03. The minimum Gasteiger partial charge on any atom is -0.493 e. The summed E-state index contributed by atoms with van der Waals surface area (Å²) in [6.07, 6.45) is 0. The second-order valence-corrected chi connectivity index (χ2v) is 5.99. The van der Waals surface area contributed by atoms with E-state index in [9.17, 15) is 9.59 Å². The standard InChI is InChI=1S/C19H17ClO6/c1-3-23-16-5-4-12(11(2)21)6-14(16)9-24-19(22)13-7-15(20)18-17(8-13)25-10-26-18/h4-8H,3,9-10H2,1-2H3. The van der Waals surface area contributed by atoms with Gasteiger partial charge < -0.3 is 18.9 Å². The molecule has 1 heterocycles. The van der Waals surface area contributed by atoms with Gasteiger partial charge in [0.1, 0.15) is 12.4 Å². The molecule has 0 unspecified atom stereocenters. The zero-order valence-corrected chi connectivity index (χ0v) is 15.1. The van der Waals surface area contributed by atoms with Crippen LogP contribution in [0, 0.1) is 0 Å². The van der Waals surface area contributed by atoms with E-state index in [0.717, 1.165) is 0 Å². The van der Waals surface area contributed by atoms with Crippen LogP contribution in [0.2, 0.25) is 5.02 Å². The fourth-order valence-electron chi connectivity index (χ4n) is 2.52. The first-order valence-corrected chi connectivity index (χ1v) is 8.40. The number of carbonyl (C=O) groups is 2. The molecule has 7 heteroatoms. The van der Waals surface area contributed by atoms with Crippen molar-refractivity contribution in [2.45, 2.75) is 20.5 Å². The summed E-state index contributed by atoms with van der Waals surface area (Å²) in [4.78, 5) is 24.0. The third kappa shape index (κ3) is 3.75. The zero-order valence-electron chi connectivity index (χ0n) is 14.3. The predicted molar refractivity (Wildman–Crippen MR) is 94.3 cm³/mol. The van der Waals surface area contributed by atoms with Crippen molar-refractivity contribution >= 4 is 23.4 Å². The molecule has 2 aromatic rings. The van der Waals surface area contributed by atoms with Crippen LogP contribution < -0.4 is 14.2 Å². The van der Waals surface area contributed by atoms with E-state index in [1.54, 1.807) is 18.2 Å². The molecule has 0 N–H and O–H groups in total. The smallest absolute Gasteiger partial charge is 0.338 e. The Morgan fingerprint density at radius 2 is 1.96 bits per heavy atom. The van der Waals surface area contributed by atoms with Gasteiger partial charge in [-0.1, -0.05) is 11.6 Å². The lowest BCUT2D eigenvalue weighted by Gasteiger charge is -2.12. The molecule has 0 aliphatic carbocycles. The maximum atomic E-state index is 12.4. The molecule has 1 aliphatic rings. The summed E-state index contributed by atoms with van der Waals surface area (Å²) >= 11 is 6.09. The van der Waals surface area contributed by atoms with Gasteiger partial charge in [-0.3, -0.25) is 4.79 Å². The average molecular weight is 377 g/mol. The van der Waals surface area contributed by atoms with Crippen LogP contribution in [0.4, 0.5) is 0 Å². The van der Waals surface area contributed by atoms with Crippen LogP contribution in [0.5, 0.6) is 17.2 Å². The highest BCUT2D eigenvalue weighted by Crippen LogP contribution is 2.40. The first kappa shape index (κ1) is 18.1. The van der Waals surface area contributed by atoms with Crippen molar-refractivity contribution in [2.24, 2.45) is 0 Å². The molecular weight excluding hydrogens is 360 g/mol. The lowest BCUT2D eigenvalue weighted by molar-refractivity contribution is 0.0469. The molecule has 1 aliphatic heterocycles. The van der Waals surface area contributed by atoms with Gasteiger partial charge in [0.05, 0.1) is 17.2 Å². The van der Waals surface area contributed by atoms with Crippen LogP contribution in [0.1, 0.15) is 40.1 Å². The summed E-state index contributed by atoms with van der Waals surface area (Å²) in [6.45, 7) is 3.80. The summed E-state index contributed by atoms with van der Waals surface area (Å²) in [5, 5.41) is 0.278. The minimum absolute atomic E-state index is 0.0403. The van der Waals surface area contributed by atoms with Gasteiger partial charge in [0.25, 0.3) is 0 Å². The molecule has 0 spiro atoms. The Kier molecular flexibility index (Phi) is 5.32. The topological polar surface area (TPSA) is 71.1 Å². The summed E-state index contributed by atoms with van der Waals surface area (Å²) in [5.41, 5.74) is 1.38. The largest absolute Gasteiger partial charge is 0.493 e. The molecule has 0 amide bonds. The van der Waals surface area contributed by atoms with E-state index in [-0.39, 0.29) is 29.8 Å². The number of fused-ring (bicyclic) bond motifs is 1. The number of rotatable bonds is 6. The molecule has 3 rings (SSSR count). The van der Waals surface area contributed by atoms with Gasteiger partial charge >= 0.3 is 5.97 Å². The second-order valence-electron chi connectivity index (χ2n) is 5.58. The number of ketones is 1. The van der Waals surface area contributed by atoms with E-state index in [1.807, 2.05) is 6.92 Å². The Bertz CT molecular complexity index is 861. The molecule has 0 atom stereocenters. The third-order valence-corrected chi connectivity index (χ3v) is 4.07. The number of hydrogen-bond acceptors (Lipinski definition) is 6. The fourth-order valence-corrected chi connectivity index (χ4v) is 2.78. The summed E-state index contributed by atoms with van der Waals surface area (Å²) in [5.74, 6) is 0.729. The van der Waals surface area contributed by atoms with Gasteiger partial charge in [-0.15, -0.1) is 0 Å². The van der Waals surface area contributed by atoms with Crippen molar-refractivity contribution in [3.8, 4) is 17.2 Å². The van der Waals surface area contributed by atoms with Gasteiger partial charge in [0.2, 0.25) is 6.79 Å². The molecule has 0 radical (unpaired) electrons. The molecular formula is C19H17ClO6. The van der Waals surface area contributed by atoms with E-state index in [0.29, 0.717) is 35.0 Å². The van der Waals surface area contributed by atoms with Gasteiger partial charge in [-0.2, -0.15) is 0 Å². The molecule has 2 aromatic carbocycles. The highest BCUT2D eigenvalue weighted by molar-refractivity contribution is 6.32. The number of hydrogen-bond donors (Lipinski definition) is 0. The van der Waals surface area contributed by atoms with Crippen LogP contribution in [0.3, 0.4) is 0 Å². The van der Waals surface area contributed by atoms with Crippen molar-refractivity contribution in [3.05, 3.63) is 52.0 Å². The quantitative estimate of drug-likeness (QED) is 0.560. The highest BCUT2D eigenvalue weighted by atomic mass is 35.5. The number of esters is 1. The van der Waals surface area contributed by atoms with E-state index in [2.05, 4.69) is 0 Å². The highest BCUT2D eigenvalue weighted by Gasteiger charge is 2.21. The maximum Gasteiger partial charge on any atom is 0.338 e. The van der Waals surface area contributed by atoms with Crippen molar-refractivity contribution in [1.29, 1.82) is 0 Å². The van der Waals surface area contributed by atoms with Crippen LogP contribution in [-0.4, -0.2) is 25.2 Å². The molecule has 0 fully saturated rings. The minimum atomic E-state index is -0.569. The molecule has 0 aromatic heterocycles. The summed E-state index contributed by atoms with van der Waals surface area (Å²) in [7, 11) is 0. The van der Waals surface area contributed by atoms with E-state index in [1.165, 1.54) is 19.1 Å². The van der Waals surface area contributed by atoms with Gasteiger partial charge in [-0.25, -0.2) is 4.79 Å². The molecule has 26 heavy (non-hydrogen) atoms. The van der Waals surface area contributed by atoms with Crippen molar-refractivity contribution in [2.75, 3.05) is 13.4 Å². The van der Waals surface area contributed by atoms with Gasteiger partial charge in [0.15, 0.2) is 17.3 Å². The Morgan fingerprint density at radius 3 is 2.69 bits per heavy atom. The first-order chi connectivity index (χ1) is 12.5. The zero-order chi connectivity index (χ0) is 18.7. The number of halogens is 1. The Labute approximate surface area is 155 Å². The Balaban J connectivity index is 1.78. The van der Waals surface area contributed by atoms with Crippen LogP contribution in [0.25, 0.3) is 0 Å². The maximum absolute atomic E-state index is 12.4. The van der Waals surface area contributed by atoms with E-state index in [4.69, 9.17) is 30.5 Å². The van der Waals surface area contributed by atoms with Gasteiger partial charge in [-0.05, 0) is 44.2 Å². The molecule has 0 saturated heterocycles. The SMILES string of the molecule is CCOc1ccc(C(C)=O)cc1COC(=O)c1cc(Cl)c2c(c1)OCO2.